The first-order chi connectivity index (χ1) is 10.0. The zero-order valence-electron chi connectivity index (χ0n) is 11.1. The van der Waals surface area contributed by atoms with Gasteiger partial charge in [0.05, 0.1) is 5.56 Å². The highest BCUT2D eigenvalue weighted by molar-refractivity contribution is 6.14. The fraction of sp³-hybridized carbons (Fsp3) is 0.133. The van der Waals surface area contributed by atoms with Crippen molar-refractivity contribution in [3.05, 3.63) is 47.5 Å². The van der Waals surface area contributed by atoms with E-state index in [0.717, 1.165) is 0 Å². The smallest absolute Gasteiger partial charge is 0.336 e. The third-order valence-electron chi connectivity index (χ3n) is 3.04. The number of carbonyl (C=O) groups excluding carboxylic acids is 2. The number of benzene rings is 2. The maximum absolute atomic E-state index is 12.2. The van der Waals surface area contributed by atoms with Crippen LogP contribution in [0.2, 0.25) is 0 Å². The van der Waals surface area contributed by atoms with E-state index in [1.165, 1.54) is 6.07 Å². The van der Waals surface area contributed by atoms with Gasteiger partial charge in [0.1, 0.15) is 0 Å². The summed E-state index contributed by atoms with van der Waals surface area (Å²) in [6.45, 7) is 0.111. The van der Waals surface area contributed by atoms with Gasteiger partial charge in [0.25, 0.3) is 5.91 Å². The predicted molar refractivity (Wildman–Crippen MR) is 77.1 cm³/mol. The van der Waals surface area contributed by atoms with Gasteiger partial charge in [-0.05, 0) is 17.5 Å². The van der Waals surface area contributed by atoms with Crippen LogP contribution in [-0.4, -0.2) is 29.4 Å². The van der Waals surface area contributed by atoms with E-state index in [0.29, 0.717) is 10.8 Å². The topological polar surface area (TPSA) is 109 Å². The number of amides is 2. The molecule has 2 rings (SSSR count). The van der Waals surface area contributed by atoms with Gasteiger partial charge >= 0.3 is 5.97 Å². The summed E-state index contributed by atoms with van der Waals surface area (Å²) in [4.78, 5) is 34.1. The average Bonchev–Trinajstić information content (AvgIpc) is 2.45. The number of hydrogen-bond donors (Lipinski definition) is 3. The van der Waals surface area contributed by atoms with Gasteiger partial charge in [0, 0.05) is 23.9 Å². The molecule has 2 aromatic carbocycles. The minimum absolute atomic E-state index is 0.0301. The van der Waals surface area contributed by atoms with Crippen molar-refractivity contribution in [2.24, 2.45) is 5.73 Å². The lowest BCUT2D eigenvalue weighted by atomic mass is 9.98. The number of nitrogens with one attached hydrogen (secondary N) is 1. The van der Waals surface area contributed by atoms with Crippen LogP contribution in [-0.2, 0) is 4.79 Å². The standard InChI is InChI=1S/C15H14N2O4/c16-12(18)7-8-17-14(19)10-5-1-3-9-4-2-6-11(13(9)10)15(20)21/h1-6H,7-8H2,(H2,16,18)(H,17,19)(H,20,21). The van der Waals surface area contributed by atoms with Crippen molar-refractivity contribution in [2.45, 2.75) is 6.42 Å². The number of rotatable bonds is 5. The first-order valence-corrected chi connectivity index (χ1v) is 6.32. The second kappa shape index (κ2) is 6.04. The summed E-state index contributed by atoms with van der Waals surface area (Å²) in [5.74, 6) is -2.05. The van der Waals surface area contributed by atoms with Crippen molar-refractivity contribution in [3.63, 3.8) is 0 Å². The molecule has 0 bridgehead atoms. The van der Waals surface area contributed by atoms with Crippen LogP contribution in [0.1, 0.15) is 27.1 Å². The predicted octanol–water partition coefficient (Wildman–Crippen LogP) is 1.14. The van der Waals surface area contributed by atoms with E-state index in [1.54, 1.807) is 30.3 Å². The van der Waals surface area contributed by atoms with Gasteiger partial charge in [0.15, 0.2) is 0 Å². The van der Waals surface area contributed by atoms with Crippen LogP contribution in [0, 0.1) is 0 Å². The minimum Gasteiger partial charge on any atom is -0.478 e. The molecule has 0 fully saturated rings. The average molecular weight is 286 g/mol. The van der Waals surface area contributed by atoms with Gasteiger partial charge in [-0.2, -0.15) is 0 Å². The number of carboxylic acids is 1. The van der Waals surface area contributed by atoms with Crippen molar-refractivity contribution in [1.82, 2.24) is 5.32 Å². The maximum atomic E-state index is 12.2. The third-order valence-corrected chi connectivity index (χ3v) is 3.04. The van der Waals surface area contributed by atoms with Crippen molar-refractivity contribution < 1.29 is 19.5 Å². The molecule has 0 spiro atoms. The molecule has 6 nitrogen and oxygen atoms in total. The van der Waals surface area contributed by atoms with Crippen molar-refractivity contribution in [3.8, 4) is 0 Å². The molecule has 6 heteroatoms. The molecule has 0 aromatic heterocycles. The van der Waals surface area contributed by atoms with E-state index >= 15 is 0 Å². The van der Waals surface area contributed by atoms with Crippen LogP contribution < -0.4 is 11.1 Å². The molecule has 0 atom stereocenters. The fourth-order valence-corrected chi connectivity index (χ4v) is 2.10. The van der Waals surface area contributed by atoms with Gasteiger partial charge in [-0.25, -0.2) is 4.79 Å². The molecule has 0 saturated heterocycles. The zero-order chi connectivity index (χ0) is 15.4. The molecular weight excluding hydrogens is 272 g/mol. The minimum atomic E-state index is -1.10. The molecule has 0 aliphatic carbocycles. The number of aromatic carboxylic acids is 1. The highest BCUT2D eigenvalue weighted by Crippen LogP contribution is 2.23. The Bertz CT molecular complexity index is 719. The van der Waals surface area contributed by atoms with Gasteiger partial charge in [0.2, 0.25) is 5.91 Å². The van der Waals surface area contributed by atoms with E-state index in [2.05, 4.69) is 5.32 Å². The fourth-order valence-electron chi connectivity index (χ4n) is 2.10. The van der Waals surface area contributed by atoms with Gasteiger partial charge < -0.3 is 16.2 Å². The molecule has 108 valence electrons. The van der Waals surface area contributed by atoms with Crippen LogP contribution in [0.3, 0.4) is 0 Å². The summed E-state index contributed by atoms with van der Waals surface area (Å²) in [5.41, 5.74) is 5.33. The first-order valence-electron chi connectivity index (χ1n) is 6.32. The first kappa shape index (κ1) is 14.5. The molecule has 0 unspecified atom stereocenters. The molecule has 0 aliphatic rings. The van der Waals surface area contributed by atoms with E-state index in [4.69, 9.17) is 5.73 Å². The summed E-state index contributed by atoms with van der Waals surface area (Å²) in [7, 11) is 0. The monoisotopic (exact) mass is 286 g/mol. The Balaban J connectivity index is 2.41. The quantitative estimate of drug-likeness (QED) is 0.765. The lowest BCUT2D eigenvalue weighted by molar-refractivity contribution is -0.117. The van der Waals surface area contributed by atoms with E-state index < -0.39 is 17.8 Å². The maximum Gasteiger partial charge on any atom is 0.336 e. The summed E-state index contributed by atoms with van der Waals surface area (Å²) >= 11 is 0. The molecular formula is C15H14N2O4. The van der Waals surface area contributed by atoms with Crippen molar-refractivity contribution >= 4 is 28.6 Å². The third kappa shape index (κ3) is 3.17. The van der Waals surface area contributed by atoms with Crippen LogP contribution >= 0.6 is 0 Å². The Morgan fingerprint density at radius 3 is 2.24 bits per heavy atom. The van der Waals surface area contributed by atoms with E-state index in [-0.39, 0.29) is 24.1 Å². The number of hydrogen-bond acceptors (Lipinski definition) is 3. The number of fused-ring (bicyclic) bond motifs is 1. The Morgan fingerprint density at radius 1 is 1.05 bits per heavy atom. The zero-order valence-corrected chi connectivity index (χ0v) is 11.1. The lowest BCUT2D eigenvalue weighted by Crippen LogP contribution is -2.28. The molecule has 0 aliphatic heterocycles. The summed E-state index contributed by atoms with van der Waals surface area (Å²) in [6, 6.07) is 9.78. The van der Waals surface area contributed by atoms with Crippen LogP contribution in [0.15, 0.2) is 36.4 Å². The number of primary amides is 1. The summed E-state index contributed by atoms with van der Waals surface area (Å²) < 4.78 is 0. The highest BCUT2D eigenvalue weighted by atomic mass is 16.4. The number of carbonyl (C=O) groups is 3. The summed E-state index contributed by atoms with van der Waals surface area (Å²) in [6.07, 6.45) is 0.0301. The Morgan fingerprint density at radius 2 is 1.67 bits per heavy atom. The SMILES string of the molecule is NC(=O)CCNC(=O)c1cccc2cccc(C(=O)O)c12. The van der Waals surface area contributed by atoms with E-state index in [9.17, 15) is 19.5 Å². The summed E-state index contributed by atoms with van der Waals surface area (Å²) in [5, 5.41) is 12.8. The molecule has 0 saturated carbocycles. The Labute approximate surface area is 120 Å². The molecule has 0 radical (unpaired) electrons. The van der Waals surface area contributed by atoms with Crippen molar-refractivity contribution in [2.75, 3.05) is 6.54 Å². The molecule has 0 heterocycles. The van der Waals surface area contributed by atoms with E-state index in [1.807, 2.05) is 0 Å². The Kier molecular flexibility index (Phi) is 4.18. The van der Waals surface area contributed by atoms with Crippen molar-refractivity contribution in [1.29, 1.82) is 0 Å². The van der Waals surface area contributed by atoms with Gasteiger partial charge in [-0.3, -0.25) is 9.59 Å². The van der Waals surface area contributed by atoms with Crippen LogP contribution in [0.5, 0.6) is 0 Å². The second-order valence-corrected chi connectivity index (χ2v) is 4.49. The van der Waals surface area contributed by atoms with Gasteiger partial charge in [-0.15, -0.1) is 0 Å². The molecule has 2 aromatic rings. The normalized spacial score (nSPS) is 10.3. The Hall–Kier alpha value is -2.89. The second-order valence-electron chi connectivity index (χ2n) is 4.49. The van der Waals surface area contributed by atoms with Crippen LogP contribution in [0.25, 0.3) is 10.8 Å². The lowest BCUT2D eigenvalue weighted by Gasteiger charge is -2.09. The largest absolute Gasteiger partial charge is 0.478 e. The molecule has 2 amide bonds. The van der Waals surface area contributed by atoms with Gasteiger partial charge in [-0.1, -0.05) is 24.3 Å². The highest BCUT2D eigenvalue weighted by Gasteiger charge is 2.16. The number of nitrogens with two attached hydrogens (primary N) is 1. The molecule has 4 N–H and O–H groups in total. The number of carboxylic acid groups (broad SMARTS) is 1. The van der Waals surface area contributed by atoms with Crippen LogP contribution in [0.4, 0.5) is 0 Å². The molecule has 21 heavy (non-hydrogen) atoms.